The Labute approximate surface area is 152 Å². The molecule has 26 heavy (non-hydrogen) atoms. The Morgan fingerprint density at radius 3 is 2.62 bits per heavy atom. The summed E-state index contributed by atoms with van der Waals surface area (Å²) in [5.41, 5.74) is 2.89. The highest BCUT2D eigenvalue weighted by Gasteiger charge is 2.18. The van der Waals surface area contributed by atoms with Gasteiger partial charge in [-0.3, -0.25) is 4.57 Å². The number of benzene rings is 2. The first-order valence-corrected chi connectivity index (χ1v) is 8.88. The van der Waals surface area contributed by atoms with Crippen LogP contribution in [0.3, 0.4) is 0 Å². The smallest absolute Gasteiger partial charge is 0.320 e. The number of para-hydroxylation sites is 2. The molecule has 132 valence electrons. The fourth-order valence-corrected chi connectivity index (χ4v) is 3.31. The first kappa shape index (κ1) is 16.7. The lowest BCUT2D eigenvalue weighted by atomic mass is 10.1. The van der Waals surface area contributed by atoms with Crippen molar-refractivity contribution in [3.05, 3.63) is 59.9 Å². The fourth-order valence-electron chi connectivity index (χ4n) is 2.62. The average Bonchev–Trinajstić information content (AvgIpc) is 3.24. The third kappa shape index (κ3) is 3.20. The van der Waals surface area contributed by atoms with E-state index in [1.165, 1.54) is 11.8 Å². The van der Waals surface area contributed by atoms with Gasteiger partial charge in [-0.25, -0.2) is 4.98 Å². The number of nitrogens with zero attached hydrogens (tertiary/aromatic N) is 4. The molecule has 5 nitrogen and oxygen atoms in total. The molecule has 0 fully saturated rings. The first-order valence-electron chi connectivity index (χ1n) is 7.89. The lowest BCUT2D eigenvalue weighted by molar-refractivity contribution is 0.0722. The normalized spacial score (nSPS) is 11.5. The van der Waals surface area contributed by atoms with Crippen LogP contribution in [0.25, 0.3) is 22.5 Å². The summed E-state index contributed by atoms with van der Waals surface area (Å²) in [6, 6.07) is 14.5. The molecule has 0 unspecified atom stereocenters. The van der Waals surface area contributed by atoms with Crippen molar-refractivity contribution in [1.29, 1.82) is 0 Å². The van der Waals surface area contributed by atoms with Gasteiger partial charge in [0.05, 0.1) is 16.8 Å². The molecule has 0 saturated heterocycles. The van der Waals surface area contributed by atoms with Crippen molar-refractivity contribution in [2.75, 3.05) is 0 Å². The minimum atomic E-state index is -2.66. The zero-order chi connectivity index (χ0) is 18.1. The maximum atomic E-state index is 13.4. The third-order valence-electron chi connectivity index (χ3n) is 3.89. The molecule has 8 heteroatoms. The number of hydrogen-bond donors (Lipinski definition) is 0. The minimum Gasteiger partial charge on any atom is -0.411 e. The Hall–Kier alpha value is -2.74. The second kappa shape index (κ2) is 6.87. The van der Waals surface area contributed by atoms with E-state index in [1.54, 1.807) is 24.3 Å². The van der Waals surface area contributed by atoms with Gasteiger partial charge in [-0.1, -0.05) is 41.6 Å². The number of fused-ring (bicyclic) bond motifs is 1. The van der Waals surface area contributed by atoms with Crippen LogP contribution in [0.1, 0.15) is 17.9 Å². The van der Waals surface area contributed by atoms with Crippen molar-refractivity contribution in [3.8, 4) is 11.5 Å². The van der Waals surface area contributed by atoms with E-state index >= 15 is 0 Å². The number of rotatable bonds is 5. The van der Waals surface area contributed by atoms with Gasteiger partial charge in [-0.05, 0) is 31.2 Å². The quantitative estimate of drug-likeness (QED) is 0.457. The zero-order valence-electron chi connectivity index (χ0n) is 13.8. The van der Waals surface area contributed by atoms with Crippen LogP contribution in [0.15, 0.2) is 58.2 Å². The number of halogens is 2. The van der Waals surface area contributed by atoms with Gasteiger partial charge in [-0.15, -0.1) is 10.2 Å². The van der Waals surface area contributed by atoms with Crippen LogP contribution < -0.4 is 0 Å². The van der Waals surface area contributed by atoms with Crippen LogP contribution in [0, 0.1) is 6.92 Å². The predicted molar refractivity (Wildman–Crippen MR) is 95.0 cm³/mol. The lowest BCUT2D eigenvalue weighted by Gasteiger charge is -2.06. The highest BCUT2D eigenvalue weighted by atomic mass is 32.2. The van der Waals surface area contributed by atoms with Gasteiger partial charge in [0, 0.05) is 5.56 Å². The van der Waals surface area contributed by atoms with Crippen molar-refractivity contribution in [2.24, 2.45) is 0 Å². The molecule has 0 spiro atoms. The molecule has 0 aliphatic rings. The standard InChI is InChI=1S/C18H14F2N4OS/c1-11-6-8-12(9-7-11)16-22-23-18(25-16)26-10-15-21-13-4-2-3-5-14(13)24(15)17(19)20/h2-9,17H,10H2,1H3. The van der Waals surface area contributed by atoms with Crippen molar-refractivity contribution in [3.63, 3.8) is 0 Å². The second-order valence-corrected chi connectivity index (χ2v) is 6.62. The van der Waals surface area contributed by atoms with E-state index in [1.807, 2.05) is 31.2 Å². The monoisotopic (exact) mass is 372 g/mol. The first-order chi connectivity index (χ1) is 12.6. The number of aromatic nitrogens is 4. The van der Waals surface area contributed by atoms with Crippen LogP contribution in [0.4, 0.5) is 8.78 Å². The van der Waals surface area contributed by atoms with E-state index in [9.17, 15) is 8.78 Å². The molecule has 0 bridgehead atoms. The van der Waals surface area contributed by atoms with E-state index in [2.05, 4.69) is 15.2 Å². The molecule has 0 atom stereocenters. The zero-order valence-corrected chi connectivity index (χ0v) is 14.6. The molecule has 0 radical (unpaired) electrons. The summed E-state index contributed by atoms with van der Waals surface area (Å²) >= 11 is 1.18. The highest BCUT2D eigenvalue weighted by molar-refractivity contribution is 7.98. The summed E-state index contributed by atoms with van der Waals surface area (Å²) < 4.78 is 33.4. The number of alkyl halides is 2. The third-order valence-corrected chi connectivity index (χ3v) is 4.71. The summed E-state index contributed by atoms with van der Waals surface area (Å²) in [7, 11) is 0. The Balaban J connectivity index is 1.55. The lowest BCUT2D eigenvalue weighted by Crippen LogP contribution is -2.03. The molecular weight excluding hydrogens is 358 g/mol. The molecule has 2 aromatic carbocycles. The molecule has 0 N–H and O–H groups in total. The molecular formula is C18H14F2N4OS. The molecule has 0 saturated carbocycles. The average molecular weight is 372 g/mol. The maximum absolute atomic E-state index is 13.4. The van der Waals surface area contributed by atoms with Crippen LogP contribution >= 0.6 is 11.8 Å². The number of hydrogen-bond acceptors (Lipinski definition) is 5. The van der Waals surface area contributed by atoms with Crippen LogP contribution in [0.2, 0.25) is 0 Å². The van der Waals surface area contributed by atoms with E-state index < -0.39 is 6.55 Å². The van der Waals surface area contributed by atoms with Gasteiger partial charge < -0.3 is 4.42 Å². The second-order valence-electron chi connectivity index (χ2n) is 5.69. The molecule has 0 amide bonds. The topological polar surface area (TPSA) is 56.7 Å². The molecule has 4 aromatic rings. The largest absolute Gasteiger partial charge is 0.411 e. The Kier molecular flexibility index (Phi) is 4.42. The Bertz CT molecular complexity index is 1040. The maximum Gasteiger partial charge on any atom is 0.320 e. The van der Waals surface area contributed by atoms with Gasteiger partial charge in [0.25, 0.3) is 5.22 Å². The fraction of sp³-hybridized carbons (Fsp3) is 0.167. The minimum absolute atomic E-state index is 0.203. The van der Waals surface area contributed by atoms with Gasteiger partial charge >= 0.3 is 6.55 Å². The summed E-state index contributed by atoms with van der Waals surface area (Å²) in [4.78, 5) is 4.30. The van der Waals surface area contributed by atoms with Gasteiger partial charge in [0.2, 0.25) is 5.89 Å². The Morgan fingerprint density at radius 1 is 1.08 bits per heavy atom. The SMILES string of the molecule is Cc1ccc(-c2nnc(SCc3nc4ccccc4n3C(F)F)o2)cc1. The van der Waals surface area contributed by atoms with Gasteiger partial charge in [0.15, 0.2) is 0 Å². The molecule has 4 rings (SSSR count). The van der Waals surface area contributed by atoms with Crippen molar-refractivity contribution < 1.29 is 13.2 Å². The van der Waals surface area contributed by atoms with Crippen LogP contribution in [-0.4, -0.2) is 19.7 Å². The van der Waals surface area contributed by atoms with Crippen molar-refractivity contribution in [1.82, 2.24) is 19.7 Å². The van der Waals surface area contributed by atoms with E-state index in [0.29, 0.717) is 22.1 Å². The van der Waals surface area contributed by atoms with Crippen molar-refractivity contribution in [2.45, 2.75) is 24.4 Å². The molecule has 2 aromatic heterocycles. The molecule has 0 aliphatic carbocycles. The summed E-state index contributed by atoms with van der Waals surface area (Å²) in [5, 5.41) is 8.31. The number of aryl methyl sites for hydroxylation is 1. The van der Waals surface area contributed by atoms with Crippen molar-refractivity contribution >= 4 is 22.8 Å². The molecule has 0 aliphatic heterocycles. The highest BCUT2D eigenvalue weighted by Crippen LogP contribution is 2.29. The van der Waals surface area contributed by atoms with Crippen LogP contribution in [-0.2, 0) is 5.75 Å². The van der Waals surface area contributed by atoms with E-state index in [0.717, 1.165) is 15.7 Å². The summed E-state index contributed by atoms with van der Waals surface area (Å²) in [6.45, 7) is -0.669. The summed E-state index contributed by atoms with van der Waals surface area (Å²) in [6.07, 6.45) is 0. The van der Waals surface area contributed by atoms with Gasteiger partial charge in [0.1, 0.15) is 5.82 Å². The summed E-state index contributed by atoms with van der Waals surface area (Å²) in [5.74, 6) is 0.866. The van der Waals surface area contributed by atoms with E-state index in [4.69, 9.17) is 4.42 Å². The predicted octanol–water partition coefficient (Wildman–Crippen LogP) is 5.08. The van der Waals surface area contributed by atoms with Crippen LogP contribution in [0.5, 0.6) is 0 Å². The van der Waals surface area contributed by atoms with E-state index in [-0.39, 0.29) is 11.6 Å². The number of imidazole rings is 1. The molecule has 2 heterocycles. The number of thioether (sulfide) groups is 1. The Morgan fingerprint density at radius 2 is 1.85 bits per heavy atom. The van der Waals surface area contributed by atoms with Gasteiger partial charge in [-0.2, -0.15) is 8.78 Å².